The zero-order valence-electron chi connectivity index (χ0n) is 8.46. The maximum atomic E-state index is 5.95. The molecule has 1 aliphatic rings. The van der Waals surface area contributed by atoms with Gasteiger partial charge in [-0.2, -0.15) is 5.10 Å². The molecule has 2 rings (SSSR count). The summed E-state index contributed by atoms with van der Waals surface area (Å²) in [5, 5.41) is 8.42. The molecule has 1 fully saturated rings. The Morgan fingerprint density at radius 2 is 2.29 bits per heavy atom. The topological polar surface area (TPSA) is 29.9 Å². The Kier molecular flexibility index (Phi) is 3.08. The molecule has 1 N–H and O–H groups in total. The van der Waals surface area contributed by atoms with Crippen LogP contribution in [0.3, 0.4) is 0 Å². The Labute approximate surface area is 89.4 Å². The highest BCUT2D eigenvalue weighted by Crippen LogP contribution is 2.18. The van der Waals surface area contributed by atoms with E-state index < -0.39 is 0 Å². The summed E-state index contributed by atoms with van der Waals surface area (Å²) in [6.45, 7) is 5.31. The monoisotopic (exact) mass is 213 g/mol. The molecule has 2 heterocycles. The fourth-order valence-electron chi connectivity index (χ4n) is 1.92. The fourth-order valence-corrected chi connectivity index (χ4v) is 2.06. The van der Waals surface area contributed by atoms with Gasteiger partial charge in [-0.05, 0) is 38.8 Å². The van der Waals surface area contributed by atoms with Crippen molar-refractivity contribution in [2.75, 3.05) is 13.1 Å². The van der Waals surface area contributed by atoms with Crippen molar-refractivity contribution < 1.29 is 0 Å². The maximum Gasteiger partial charge on any atom is 0.0814 e. The highest BCUT2D eigenvalue weighted by Gasteiger charge is 2.15. The third kappa shape index (κ3) is 2.10. The van der Waals surface area contributed by atoms with E-state index in [2.05, 4.69) is 10.4 Å². The van der Waals surface area contributed by atoms with Gasteiger partial charge in [-0.3, -0.25) is 4.68 Å². The van der Waals surface area contributed by atoms with E-state index in [4.69, 9.17) is 11.6 Å². The molecule has 78 valence electrons. The number of hydrogen-bond acceptors (Lipinski definition) is 2. The Morgan fingerprint density at radius 1 is 1.57 bits per heavy atom. The first-order chi connectivity index (χ1) is 6.77. The predicted molar refractivity (Wildman–Crippen MR) is 57.6 cm³/mol. The van der Waals surface area contributed by atoms with E-state index in [1.54, 1.807) is 6.20 Å². The molecule has 0 amide bonds. The molecular formula is C10H16ClN3. The third-order valence-electron chi connectivity index (χ3n) is 2.93. The zero-order valence-corrected chi connectivity index (χ0v) is 9.22. The Bertz CT molecular complexity index is 302. The first-order valence-corrected chi connectivity index (χ1v) is 5.54. The molecule has 0 aliphatic carbocycles. The molecule has 1 aromatic rings. The average Bonchev–Trinajstić information content (AvgIpc) is 2.52. The molecule has 0 atom stereocenters. The van der Waals surface area contributed by atoms with Crippen LogP contribution in [0, 0.1) is 12.8 Å². The van der Waals surface area contributed by atoms with Crippen LogP contribution in [0.25, 0.3) is 0 Å². The molecule has 1 saturated heterocycles. The minimum absolute atomic E-state index is 0.755. The summed E-state index contributed by atoms with van der Waals surface area (Å²) in [5.74, 6) is 0.755. The second-order valence-corrected chi connectivity index (χ2v) is 4.36. The van der Waals surface area contributed by atoms with E-state index in [1.807, 2.05) is 11.6 Å². The number of hydrogen-bond donors (Lipinski definition) is 1. The van der Waals surface area contributed by atoms with Gasteiger partial charge in [0.05, 0.1) is 16.9 Å². The summed E-state index contributed by atoms with van der Waals surface area (Å²) in [6.07, 6.45) is 4.23. The summed E-state index contributed by atoms with van der Waals surface area (Å²) in [7, 11) is 0. The van der Waals surface area contributed by atoms with E-state index in [0.717, 1.165) is 36.3 Å². The van der Waals surface area contributed by atoms with Gasteiger partial charge in [0.25, 0.3) is 0 Å². The molecule has 0 bridgehead atoms. The molecule has 0 unspecified atom stereocenters. The van der Waals surface area contributed by atoms with E-state index in [-0.39, 0.29) is 0 Å². The largest absolute Gasteiger partial charge is 0.317 e. The predicted octanol–water partition coefficient (Wildman–Crippen LogP) is 1.84. The SMILES string of the molecule is Cc1c(Cl)cnn1CC1CCNCC1. The third-order valence-corrected chi connectivity index (χ3v) is 3.30. The van der Waals surface area contributed by atoms with Crippen molar-refractivity contribution in [2.45, 2.75) is 26.3 Å². The van der Waals surface area contributed by atoms with E-state index in [9.17, 15) is 0 Å². The van der Waals surface area contributed by atoms with Crippen LogP contribution in [0.5, 0.6) is 0 Å². The van der Waals surface area contributed by atoms with Gasteiger partial charge in [0.1, 0.15) is 0 Å². The number of nitrogens with zero attached hydrogens (tertiary/aromatic N) is 2. The van der Waals surface area contributed by atoms with Gasteiger partial charge < -0.3 is 5.32 Å². The zero-order chi connectivity index (χ0) is 9.97. The average molecular weight is 214 g/mol. The smallest absolute Gasteiger partial charge is 0.0814 e. The van der Waals surface area contributed by atoms with Crippen LogP contribution in [0.15, 0.2) is 6.20 Å². The molecule has 0 aromatic carbocycles. The van der Waals surface area contributed by atoms with E-state index >= 15 is 0 Å². The first kappa shape index (κ1) is 9.99. The number of aromatic nitrogens is 2. The Balaban J connectivity index is 1.99. The van der Waals surface area contributed by atoms with Crippen LogP contribution in [0.1, 0.15) is 18.5 Å². The lowest BCUT2D eigenvalue weighted by molar-refractivity contribution is 0.319. The van der Waals surface area contributed by atoms with Gasteiger partial charge in [-0.25, -0.2) is 0 Å². The summed E-state index contributed by atoms with van der Waals surface area (Å²) < 4.78 is 2.03. The molecule has 0 spiro atoms. The lowest BCUT2D eigenvalue weighted by Crippen LogP contribution is -2.30. The van der Waals surface area contributed by atoms with Gasteiger partial charge >= 0.3 is 0 Å². The van der Waals surface area contributed by atoms with Crippen LogP contribution in [0.2, 0.25) is 5.02 Å². The summed E-state index contributed by atoms with van der Waals surface area (Å²) >= 11 is 5.95. The normalized spacial score (nSPS) is 18.7. The van der Waals surface area contributed by atoms with Crippen molar-refractivity contribution in [3.05, 3.63) is 16.9 Å². The summed E-state index contributed by atoms with van der Waals surface area (Å²) in [4.78, 5) is 0. The maximum absolute atomic E-state index is 5.95. The Morgan fingerprint density at radius 3 is 2.86 bits per heavy atom. The molecule has 1 aliphatic heterocycles. The van der Waals surface area contributed by atoms with Crippen molar-refractivity contribution in [1.82, 2.24) is 15.1 Å². The molecule has 14 heavy (non-hydrogen) atoms. The van der Waals surface area contributed by atoms with Crippen molar-refractivity contribution in [3.63, 3.8) is 0 Å². The van der Waals surface area contributed by atoms with Crippen LogP contribution in [-0.2, 0) is 6.54 Å². The second-order valence-electron chi connectivity index (χ2n) is 3.95. The van der Waals surface area contributed by atoms with Crippen LogP contribution in [0.4, 0.5) is 0 Å². The fraction of sp³-hybridized carbons (Fsp3) is 0.700. The number of halogens is 1. The second kappa shape index (κ2) is 4.32. The molecule has 3 nitrogen and oxygen atoms in total. The van der Waals surface area contributed by atoms with Gasteiger partial charge in [-0.1, -0.05) is 11.6 Å². The Hall–Kier alpha value is -0.540. The summed E-state index contributed by atoms with van der Waals surface area (Å²) in [6, 6.07) is 0. The van der Waals surface area contributed by atoms with Crippen molar-refractivity contribution >= 4 is 11.6 Å². The van der Waals surface area contributed by atoms with Crippen LogP contribution < -0.4 is 5.32 Å². The lowest BCUT2D eigenvalue weighted by Gasteiger charge is -2.22. The van der Waals surface area contributed by atoms with Crippen LogP contribution >= 0.6 is 11.6 Å². The number of rotatable bonds is 2. The quantitative estimate of drug-likeness (QED) is 0.813. The van der Waals surface area contributed by atoms with E-state index in [0.29, 0.717) is 0 Å². The number of piperidine rings is 1. The minimum atomic E-state index is 0.755. The molecule has 1 aromatic heterocycles. The number of nitrogens with one attached hydrogen (secondary N) is 1. The van der Waals surface area contributed by atoms with Crippen molar-refractivity contribution in [3.8, 4) is 0 Å². The van der Waals surface area contributed by atoms with Gasteiger partial charge in [0, 0.05) is 6.54 Å². The first-order valence-electron chi connectivity index (χ1n) is 5.16. The highest BCUT2D eigenvalue weighted by atomic mass is 35.5. The standard InChI is InChI=1S/C10H16ClN3/c1-8-10(11)6-13-14(8)7-9-2-4-12-5-3-9/h6,9,12H,2-5,7H2,1H3. The van der Waals surface area contributed by atoms with Gasteiger partial charge in [-0.15, -0.1) is 0 Å². The van der Waals surface area contributed by atoms with E-state index in [1.165, 1.54) is 12.8 Å². The van der Waals surface area contributed by atoms with Crippen LogP contribution in [-0.4, -0.2) is 22.9 Å². The molecule has 0 saturated carbocycles. The molecule has 4 heteroatoms. The highest BCUT2D eigenvalue weighted by molar-refractivity contribution is 6.31. The van der Waals surface area contributed by atoms with Gasteiger partial charge in [0.15, 0.2) is 0 Å². The molecule has 0 radical (unpaired) electrons. The minimum Gasteiger partial charge on any atom is -0.317 e. The van der Waals surface area contributed by atoms with Gasteiger partial charge in [0.2, 0.25) is 0 Å². The van der Waals surface area contributed by atoms with Crippen molar-refractivity contribution in [1.29, 1.82) is 0 Å². The molecular weight excluding hydrogens is 198 g/mol. The summed E-state index contributed by atoms with van der Waals surface area (Å²) in [5.41, 5.74) is 1.09. The lowest BCUT2D eigenvalue weighted by atomic mass is 9.98. The van der Waals surface area contributed by atoms with Crippen molar-refractivity contribution in [2.24, 2.45) is 5.92 Å².